The molecule has 18 atom stereocenters. The Kier molecular flexibility index (Phi) is 47.3. The fraction of sp³-hybridized carbons (Fsp3) is 0.587. The van der Waals surface area contributed by atoms with Crippen molar-refractivity contribution in [1.82, 2.24) is 115 Å². The highest BCUT2D eigenvalue weighted by atomic mass is 32.1. The van der Waals surface area contributed by atoms with Crippen LogP contribution in [0.2, 0.25) is 0 Å². The number of aromatic hydroxyl groups is 2. The van der Waals surface area contributed by atoms with Crippen molar-refractivity contribution in [3.63, 3.8) is 0 Å². The first kappa shape index (κ1) is 117. The van der Waals surface area contributed by atoms with Crippen LogP contribution in [0.5, 0.6) is 11.5 Å². The summed E-state index contributed by atoms with van der Waals surface area (Å²) in [7, 11) is 0. The van der Waals surface area contributed by atoms with Gasteiger partial charge in [-0.1, -0.05) is 106 Å². The minimum absolute atomic E-state index is 0.0151. The molecule has 49 nitrogen and oxygen atoms in total. The predicted molar refractivity (Wildman–Crippen MR) is 517 cm³/mol. The number of nitrogens with zero attached hydrogens (tertiary/aromatic N) is 4. The number of aliphatic hydroxyl groups is 1. The summed E-state index contributed by atoms with van der Waals surface area (Å²) in [5.41, 5.74) is 18.5. The van der Waals surface area contributed by atoms with Crippen LogP contribution in [0.25, 0.3) is 0 Å². The van der Waals surface area contributed by atoms with Crippen molar-refractivity contribution in [1.29, 1.82) is 5.41 Å². The number of hydrogen-bond acceptors (Lipinski definition) is 27. The van der Waals surface area contributed by atoms with Gasteiger partial charge in [-0.05, 0) is 123 Å². The number of nitrogens with one attached hydrogen (secondary N) is 19. The number of hydrogen-bond donors (Lipinski definition) is 27. The second-order valence-electron chi connectivity index (χ2n) is 36.7. The molecule has 2 fully saturated rings. The SMILES string of the molecule is CC[C@H](C)[C@H](NC(=O)[C@H](CO)NC(=O)[C@@H]1CCCN1C(=O)[C@H](CC(C)C)NC(=O)[C@H](Cc1ccc(O)cc1)NC(=O)[C@H](C)NC(=O)[C@H](Cc1cnc[nH]1)NC(=O)[C@H](Cc1cnc[nH]1)NC(=O)[C@H](CC(C)C)NC(=O)[C@H](NC(=O)[C@@H]1CCCN1C(=O)[C@H](CCCNC(=N)N)NC(=O)[C@H](CC(N)=O)NC(=O)[C@H](Cc1ccc(O)cc1)NC(=O)[C@H](N)CS)[C@@H](C)CC)C(=O)NCC(=O)NCC(=O)N[C@H](C(=O)O)C(C)C. The molecular weight excluding hydrogens is 1870 g/mol. The van der Waals surface area contributed by atoms with Crippen molar-refractivity contribution >= 4 is 131 Å². The average molecular weight is 2010 g/mol. The Labute approximate surface area is 827 Å². The van der Waals surface area contributed by atoms with Crippen molar-refractivity contribution in [3.05, 3.63) is 96.1 Å². The first-order chi connectivity index (χ1) is 67.1. The van der Waals surface area contributed by atoms with Gasteiger partial charge in [0.25, 0.3) is 0 Å². The fourth-order valence-electron chi connectivity index (χ4n) is 15.7. The van der Waals surface area contributed by atoms with Crippen LogP contribution < -0.4 is 102 Å². The molecule has 2 aromatic heterocycles. The van der Waals surface area contributed by atoms with E-state index in [0.717, 1.165) is 0 Å². The summed E-state index contributed by atoms with van der Waals surface area (Å²) in [5.74, 6) is -20.7. The third-order valence-electron chi connectivity index (χ3n) is 24.0. The highest BCUT2D eigenvalue weighted by Gasteiger charge is 2.45. The van der Waals surface area contributed by atoms with Gasteiger partial charge in [-0.3, -0.25) is 91.7 Å². The van der Waals surface area contributed by atoms with Gasteiger partial charge in [0.1, 0.15) is 102 Å². The van der Waals surface area contributed by atoms with E-state index >= 15 is 9.59 Å². The van der Waals surface area contributed by atoms with Crippen LogP contribution in [0.4, 0.5) is 0 Å². The van der Waals surface area contributed by atoms with Gasteiger partial charge >= 0.3 is 5.97 Å². The molecule has 6 rings (SSSR count). The quantitative estimate of drug-likeness (QED) is 0.00849. The number of aliphatic hydroxyl groups excluding tert-OH is 1. The van der Waals surface area contributed by atoms with Gasteiger partial charge in [-0.25, -0.2) is 14.8 Å². The van der Waals surface area contributed by atoms with Crippen molar-refractivity contribution in [2.45, 2.75) is 269 Å². The summed E-state index contributed by atoms with van der Waals surface area (Å²) in [6.07, 6.45) is 4.42. The van der Waals surface area contributed by atoms with E-state index in [1.54, 1.807) is 69.2 Å². The van der Waals surface area contributed by atoms with E-state index in [-0.39, 0.29) is 132 Å². The molecular formula is C92H140N26O23S. The summed E-state index contributed by atoms with van der Waals surface area (Å²) < 4.78 is 0. The van der Waals surface area contributed by atoms with E-state index < -0.39 is 259 Å². The molecule has 2 aromatic carbocycles. The monoisotopic (exact) mass is 2010 g/mol. The summed E-state index contributed by atoms with van der Waals surface area (Å²) in [4.78, 5) is 283. The molecule has 2 aliphatic heterocycles. The molecule has 18 amide bonds. The molecule has 0 unspecified atom stereocenters. The zero-order chi connectivity index (χ0) is 105. The number of aromatic nitrogens is 4. The van der Waals surface area contributed by atoms with E-state index in [1.807, 2.05) is 0 Å². The van der Waals surface area contributed by atoms with E-state index in [9.17, 15) is 102 Å². The fourth-order valence-corrected chi connectivity index (χ4v) is 15.9. The largest absolute Gasteiger partial charge is 0.508 e. The molecule has 50 heteroatoms. The normalized spacial score (nSPS) is 16.8. The van der Waals surface area contributed by atoms with Gasteiger partial charge < -0.3 is 142 Å². The van der Waals surface area contributed by atoms with Crippen molar-refractivity contribution in [2.24, 2.45) is 46.8 Å². The number of phenolic OH excluding ortho intramolecular Hbond substituents is 2. The number of benzene rings is 2. The second-order valence-corrected chi connectivity index (χ2v) is 37.1. The molecule has 0 bridgehead atoms. The van der Waals surface area contributed by atoms with Gasteiger partial charge in [0, 0.05) is 74.9 Å². The number of aliphatic carboxylic acids is 1. The molecule has 0 radical (unpaired) electrons. The zero-order valence-electron chi connectivity index (χ0n) is 81.6. The number of amides is 18. The summed E-state index contributed by atoms with van der Waals surface area (Å²) in [6.45, 7) is 15.9. The topological polar surface area (TPSA) is 763 Å². The first-order valence-corrected chi connectivity index (χ1v) is 48.0. The Morgan fingerprint density at radius 3 is 1.34 bits per heavy atom. The molecule has 142 heavy (non-hydrogen) atoms. The highest BCUT2D eigenvalue weighted by Crippen LogP contribution is 2.26. The van der Waals surface area contributed by atoms with Crippen LogP contribution in [0.3, 0.4) is 0 Å². The minimum Gasteiger partial charge on any atom is -0.508 e. The van der Waals surface area contributed by atoms with Crippen LogP contribution in [0, 0.1) is 35.0 Å². The van der Waals surface area contributed by atoms with E-state index in [2.05, 4.69) is 118 Å². The molecule has 2 saturated heterocycles. The number of carboxylic acids is 1. The third-order valence-corrected chi connectivity index (χ3v) is 24.4. The number of H-pyrrole nitrogens is 2. The van der Waals surface area contributed by atoms with E-state index in [1.165, 1.54) is 90.3 Å². The number of carboxylic acid groups (broad SMARTS) is 1. The number of imidazole rings is 2. The van der Waals surface area contributed by atoms with Crippen molar-refractivity contribution < 1.29 is 112 Å². The van der Waals surface area contributed by atoms with Crippen molar-refractivity contribution in [3.8, 4) is 11.5 Å². The lowest BCUT2D eigenvalue weighted by molar-refractivity contribution is -0.143. The molecule has 0 aliphatic carbocycles. The Balaban J connectivity index is 1.17. The number of rotatable bonds is 58. The number of carbonyl (C=O) groups is 19. The Morgan fingerprint density at radius 1 is 0.465 bits per heavy atom. The van der Waals surface area contributed by atoms with Gasteiger partial charge in [0.15, 0.2) is 5.96 Å². The van der Waals surface area contributed by atoms with Gasteiger partial charge in [-0.15, -0.1) is 0 Å². The Hall–Kier alpha value is -14.1. The molecule has 2 aliphatic rings. The Bertz CT molecular complexity index is 4980. The van der Waals surface area contributed by atoms with E-state index in [4.69, 9.17) is 22.6 Å². The zero-order valence-corrected chi connectivity index (χ0v) is 82.5. The van der Waals surface area contributed by atoms with Crippen LogP contribution in [0.1, 0.15) is 169 Å². The standard InChI is InChI=1S/C92H140N26O23S/c1-12-49(9)74(87(136)101-40-71(123)100-41-72(124)114-73(48(7)8)91(140)141)115-84(133)67(42-119)113-85(134)68-18-15-30-118(68)90(139)66(32-47(5)6)112-81(130)61(33-52-20-24-56(120)25-21-52)106-76(125)51(11)104-78(127)63(35-54-38-97-44-102-54)108-82(131)64(36-55-39-98-45-103-55)109-79(128)60(31-46(3)4)111-88(137)75(50(10)13-2)116-86(135)69-19-16-29-117(69)89(138)59(17-14-28-99-92(95)96)105-83(132)65(37-70(94)122)110-80(129)62(107-77(126)58(93)43-142)34-53-22-26-57(121)27-23-53/h20-27,38-39,44-51,58-69,73-75,119-121,142H,12-19,28-37,40-43,93H2,1-11H3,(H2,94,122)(H,97,102)(H,98,103)(H,100,123)(H,101,136)(H,104,127)(H,105,132)(H,106,125)(H,107,126)(H,108,131)(H,109,128)(H,110,129)(H,111,137)(H,112,130)(H,113,134)(H,114,124)(H,115,133)(H,116,135)(H,140,141)(H4,95,96,99)/t49-,50-,51-,58+,59-,60-,61-,62-,63-,64-,65-,66-,67-,68-,69-,73-,74-,75+/m0/s1. The lowest BCUT2D eigenvalue weighted by Crippen LogP contribution is -2.62. The molecule has 0 saturated carbocycles. The summed E-state index contributed by atoms with van der Waals surface area (Å²) >= 11 is 4.08. The maximum atomic E-state index is 15.1. The first-order valence-electron chi connectivity index (χ1n) is 47.3. The van der Waals surface area contributed by atoms with Crippen LogP contribution in [-0.2, 0) is 117 Å². The molecule has 4 aromatic rings. The van der Waals surface area contributed by atoms with Gasteiger partial charge in [0.05, 0.1) is 44.8 Å². The molecule has 29 N–H and O–H groups in total. The number of nitrogens with two attached hydrogens (primary N) is 3. The van der Waals surface area contributed by atoms with Crippen LogP contribution in [0.15, 0.2) is 73.6 Å². The van der Waals surface area contributed by atoms with E-state index in [0.29, 0.717) is 28.9 Å². The number of primary amides is 1. The average Bonchev–Trinajstić information content (AvgIpc) is 1.65. The lowest BCUT2D eigenvalue weighted by atomic mass is 9.96. The van der Waals surface area contributed by atoms with Crippen LogP contribution in [-0.4, -0.2) is 310 Å². The summed E-state index contributed by atoms with van der Waals surface area (Å²) in [5, 5.41) is 89.0. The molecule has 0 spiro atoms. The number of aromatic amines is 2. The molecule has 4 heterocycles. The maximum absolute atomic E-state index is 15.1. The lowest BCUT2D eigenvalue weighted by Gasteiger charge is -2.32. The smallest absolute Gasteiger partial charge is 0.326 e. The Morgan fingerprint density at radius 2 is 0.880 bits per heavy atom. The molecule has 782 valence electrons. The second kappa shape index (κ2) is 57.6. The number of guanidine groups is 1. The minimum atomic E-state index is -1.77. The number of likely N-dealkylation sites (tertiary alicyclic amines) is 2. The predicted octanol–water partition coefficient (Wildman–Crippen LogP) is -5.34. The summed E-state index contributed by atoms with van der Waals surface area (Å²) in [6, 6.07) is -11.9. The number of phenols is 2. The maximum Gasteiger partial charge on any atom is 0.326 e. The van der Waals surface area contributed by atoms with Gasteiger partial charge in [0.2, 0.25) is 106 Å². The van der Waals surface area contributed by atoms with Gasteiger partial charge in [-0.2, -0.15) is 12.6 Å². The third kappa shape index (κ3) is 37.5. The number of carbonyl (C=O) groups excluding carboxylic acids is 18. The highest BCUT2D eigenvalue weighted by molar-refractivity contribution is 7.80. The van der Waals surface area contributed by atoms with Crippen LogP contribution >= 0.6 is 12.6 Å². The van der Waals surface area contributed by atoms with Crippen molar-refractivity contribution in [2.75, 3.05) is 45.1 Å². The number of thiol groups is 1.